The lowest BCUT2D eigenvalue weighted by Gasteiger charge is -2.19. The molecule has 60 valence electrons. The van der Waals surface area contributed by atoms with Crippen LogP contribution < -0.4 is 0 Å². The van der Waals surface area contributed by atoms with Crippen LogP contribution in [0.5, 0.6) is 0 Å². The molecule has 2 nitrogen and oxygen atoms in total. The van der Waals surface area contributed by atoms with Crippen LogP contribution in [0.25, 0.3) is 0 Å². The summed E-state index contributed by atoms with van der Waals surface area (Å²) in [6.45, 7) is 6.01. The second-order valence-corrected chi connectivity index (χ2v) is 3.30. The van der Waals surface area contributed by atoms with Gasteiger partial charge in [-0.1, -0.05) is 6.92 Å². The second-order valence-electron chi connectivity index (χ2n) is 3.30. The van der Waals surface area contributed by atoms with Gasteiger partial charge in [-0.25, -0.2) is 0 Å². The van der Waals surface area contributed by atoms with Crippen molar-refractivity contribution >= 4 is 0 Å². The van der Waals surface area contributed by atoms with E-state index in [0.29, 0.717) is 0 Å². The van der Waals surface area contributed by atoms with Crippen molar-refractivity contribution in [1.29, 1.82) is 0 Å². The molecule has 1 atom stereocenters. The van der Waals surface area contributed by atoms with E-state index in [-0.39, 0.29) is 0 Å². The van der Waals surface area contributed by atoms with Gasteiger partial charge in [0, 0.05) is 12.6 Å². The predicted molar refractivity (Wildman–Crippen MR) is 44.2 cm³/mol. The fourth-order valence-corrected chi connectivity index (χ4v) is 1.52. The molecule has 10 heavy (non-hydrogen) atoms. The van der Waals surface area contributed by atoms with Crippen LogP contribution in [0, 0.1) is 0 Å². The van der Waals surface area contributed by atoms with Gasteiger partial charge in [-0.15, -0.1) is 0 Å². The molecule has 0 radical (unpaired) electrons. The topological polar surface area (TPSA) is 6.48 Å². The number of hydrogen-bond donors (Lipinski definition) is 0. The van der Waals surface area contributed by atoms with Gasteiger partial charge in [0.15, 0.2) is 0 Å². The number of rotatable bonds is 2. The molecule has 0 bridgehead atoms. The zero-order chi connectivity index (χ0) is 7.56. The highest BCUT2D eigenvalue weighted by Gasteiger charge is 2.21. The van der Waals surface area contributed by atoms with Crippen LogP contribution in [-0.4, -0.2) is 49.6 Å². The van der Waals surface area contributed by atoms with Crippen LogP contribution in [0.3, 0.4) is 0 Å². The zero-order valence-corrected chi connectivity index (χ0v) is 7.30. The quantitative estimate of drug-likeness (QED) is 0.558. The fraction of sp³-hybridized carbons (Fsp3) is 1.00. The minimum Gasteiger partial charge on any atom is -0.305 e. The first kappa shape index (κ1) is 8.02. The highest BCUT2D eigenvalue weighted by atomic mass is 15.2. The van der Waals surface area contributed by atoms with Gasteiger partial charge < -0.3 is 9.80 Å². The first-order valence-corrected chi connectivity index (χ1v) is 4.12. The third kappa shape index (κ3) is 1.70. The van der Waals surface area contributed by atoms with E-state index in [2.05, 4.69) is 30.8 Å². The molecule has 0 aromatic carbocycles. The van der Waals surface area contributed by atoms with Crippen molar-refractivity contribution < 1.29 is 0 Å². The van der Waals surface area contributed by atoms with Crippen LogP contribution in [0.15, 0.2) is 0 Å². The molecule has 0 aromatic heterocycles. The van der Waals surface area contributed by atoms with Gasteiger partial charge in [0.1, 0.15) is 0 Å². The molecular weight excluding hydrogens is 124 g/mol. The number of likely N-dealkylation sites (tertiary alicyclic amines) is 1. The standard InChI is InChI=1S/C8H18N2/c1-4-10-6-5-8(7-10)9(2)3/h8H,4-7H2,1-3H3/t8-/m1/s1. The molecule has 1 rings (SSSR count). The van der Waals surface area contributed by atoms with Crippen molar-refractivity contribution in [2.24, 2.45) is 0 Å². The Morgan fingerprint density at radius 1 is 1.50 bits per heavy atom. The van der Waals surface area contributed by atoms with E-state index in [1.54, 1.807) is 0 Å². The lowest BCUT2D eigenvalue weighted by atomic mass is 10.2. The van der Waals surface area contributed by atoms with E-state index >= 15 is 0 Å². The molecule has 1 aliphatic heterocycles. The molecule has 0 N–H and O–H groups in total. The molecule has 1 fully saturated rings. The molecule has 0 amide bonds. The summed E-state index contributed by atoms with van der Waals surface area (Å²) in [6.07, 6.45) is 1.35. The summed E-state index contributed by atoms with van der Waals surface area (Å²) >= 11 is 0. The largest absolute Gasteiger partial charge is 0.305 e. The molecule has 1 heterocycles. The van der Waals surface area contributed by atoms with Gasteiger partial charge in [0.25, 0.3) is 0 Å². The number of hydrogen-bond acceptors (Lipinski definition) is 2. The van der Waals surface area contributed by atoms with Gasteiger partial charge in [0.2, 0.25) is 0 Å². The SMILES string of the molecule is CCN1CC[C@@H](N(C)C)C1. The average molecular weight is 142 g/mol. The van der Waals surface area contributed by atoms with Crippen molar-refractivity contribution in [3.05, 3.63) is 0 Å². The van der Waals surface area contributed by atoms with E-state index in [4.69, 9.17) is 0 Å². The fourth-order valence-electron chi connectivity index (χ4n) is 1.52. The summed E-state index contributed by atoms with van der Waals surface area (Å²) in [5.41, 5.74) is 0. The molecule has 1 aliphatic rings. The molecular formula is C8H18N2. The Kier molecular flexibility index (Phi) is 2.69. The molecule has 0 unspecified atom stereocenters. The number of likely N-dealkylation sites (N-methyl/N-ethyl adjacent to an activating group) is 2. The smallest absolute Gasteiger partial charge is 0.0229 e. The van der Waals surface area contributed by atoms with Crippen molar-refractivity contribution in [1.82, 2.24) is 9.80 Å². The van der Waals surface area contributed by atoms with Gasteiger partial charge in [-0.3, -0.25) is 0 Å². The average Bonchev–Trinajstić information content (AvgIpc) is 2.34. The lowest BCUT2D eigenvalue weighted by Crippen LogP contribution is -2.31. The minimum absolute atomic E-state index is 0.806. The minimum atomic E-state index is 0.806. The Labute approximate surface area is 63.8 Å². The van der Waals surface area contributed by atoms with E-state index in [0.717, 1.165) is 6.04 Å². The van der Waals surface area contributed by atoms with Crippen LogP contribution >= 0.6 is 0 Å². The van der Waals surface area contributed by atoms with Crippen molar-refractivity contribution in [2.45, 2.75) is 19.4 Å². The highest BCUT2D eigenvalue weighted by Crippen LogP contribution is 2.11. The monoisotopic (exact) mass is 142 g/mol. The van der Waals surface area contributed by atoms with E-state index in [9.17, 15) is 0 Å². The third-order valence-electron chi connectivity index (χ3n) is 2.43. The van der Waals surface area contributed by atoms with Crippen LogP contribution in [0.2, 0.25) is 0 Å². The van der Waals surface area contributed by atoms with Crippen LogP contribution in [0.1, 0.15) is 13.3 Å². The van der Waals surface area contributed by atoms with Gasteiger partial charge in [-0.05, 0) is 33.6 Å². The molecule has 0 saturated carbocycles. The lowest BCUT2D eigenvalue weighted by molar-refractivity contribution is 0.275. The van der Waals surface area contributed by atoms with E-state index in [1.807, 2.05) is 0 Å². The summed E-state index contributed by atoms with van der Waals surface area (Å²) in [4.78, 5) is 4.83. The zero-order valence-electron chi connectivity index (χ0n) is 7.30. The first-order valence-electron chi connectivity index (χ1n) is 4.12. The maximum Gasteiger partial charge on any atom is 0.0229 e. The maximum atomic E-state index is 2.50. The Bertz CT molecular complexity index is 101. The maximum absolute atomic E-state index is 2.50. The second kappa shape index (κ2) is 3.35. The molecule has 0 aromatic rings. The molecule has 0 spiro atoms. The van der Waals surface area contributed by atoms with E-state index in [1.165, 1.54) is 26.1 Å². The summed E-state index contributed by atoms with van der Waals surface area (Å²) < 4.78 is 0. The molecule has 1 saturated heterocycles. The van der Waals surface area contributed by atoms with E-state index < -0.39 is 0 Å². The van der Waals surface area contributed by atoms with Gasteiger partial charge in [0.05, 0.1) is 0 Å². The molecule has 0 aliphatic carbocycles. The Morgan fingerprint density at radius 2 is 2.20 bits per heavy atom. The summed E-state index contributed by atoms with van der Waals surface area (Å²) in [6, 6.07) is 0.806. The van der Waals surface area contributed by atoms with Crippen LogP contribution in [0.4, 0.5) is 0 Å². The normalized spacial score (nSPS) is 28.2. The van der Waals surface area contributed by atoms with Crippen molar-refractivity contribution in [3.63, 3.8) is 0 Å². The van der Waals surface area contributed by atoms with Gasteiger partial charge in [-0.2, -0.15) is 0 Å². The highest BCUT2D eigenvalue weighted by molar-refractivity contribution is 4.79. The predicted octanol–water partition coefficient (Wildman–Crippen LogP) is 0.642. The Hall–Kier alpha value is -0.0800. The first-order chi connectivity index (χ1) is 4.74. The summed E-state index contributed by atoms with van der Waals surface area (Å²) in [7, 11) is 4.34. The van der Waals surface area contributed by atoms with Crippen molar-refractivity contribution in [2.75, 3.05) is 33.7 Å². The number of nitrogens with zero attached hydrogens (tertiary/aromatic N) is 2. The third-order valence-corrected chi connectivity index (χ3v) is 2.43. The van der Waals surface area contributed by atoms with Crippen LogP contribution in [-0.2, 0) is 0 Å². The Balaban J connectivity index is 2.28. The molecule has 2 heteroatoms. The Morgan fingerprint density at radius 3 is 2.50 bits per heavy atom. The van der Waals surface area contributed by atoms with Gasteiger partial charge >= 0.3 is 0 Å². The summed E-state index contributed by atoms with van der Waals surface area (Å²) in [5, 5.41) is 0. The summed E-state index contributed by atoms with van der Waals surface area (Å²) in [5.74, 6) is 0. The van der Waals surface area contributed by atoms with Crippen molar-refractivity contribution in [3.8, 4) is 0 Å².